The zero-order valence-electron chi connectivity index (χ0n) is 11.7. The minimum absolute atomic E-state index is 0.325. The summed E-state index contributed by atoms with van der Waals surface area (Å²) in [6, 6.07) is 8.86. The number of rotatable bonds is 5. The summed E-state index contributed by atoms with van der Waals surface area (Å²) in [4.78, 5) is 30.2. The minimum atomic E-state index is 0.325. The summed E-state index contributed by atoms with van der Waals surface area (Å²) < 4.78 is 6.82. The predicted octanol–water partition coefficient (Wildman–Crippen LogP) is 1.81. The average molecular weight is 296 g/mol. The molecule has 0 spiro atoms. The number of anilines is 1. The number of imidazole rings is 1. The van der Waals surface area contributed by atoms with Crippen molar-refractivity contribution in [2.24, 2.45) is 0 Å². The number of benzene rings is 1. The zero-order chi connectivity index (χ0) is 15.5. The number of ether oxygens (including phenoxy) is 1. The third kappa shape index (κ3) is 2.28. The second kappa shape index (κ2) is 5.65. The van der Waals surface area contributed by atoms with Crippen molar-refractivity contribution in [2.45, 2.75) is 0 Å². The van der Waals surface area contributed by atoms with Gasteiger partial charge in [-0.25, -0.2) is 9.97 Å². The first-order valence-electron chi connectivity index (χ1n) is 6.45. The zero-order valence-corrected chi connectivity index (χ0v) is 11.7. The number of amides is 1. The van der Waals surface area contributed by atoms with E-state index in [-0.39, 0.29) is 0 Å². The lowest BCUT2D eigenvalue weighted by molar-refractivity contribution is -0.105. The normalized spacial score (nSPS) is 10.4. The van der Waals surface area contributed by atoms with Gasteiger partial charge in [0, 0.05) is 11.8 Å². The van der Waals surface area contributed by atoms with Gasteiger partial charge >= 0.3 is 0 Å². The molecule has 7 heteroatoms. The first-order chi connectivity index (χ1) is 10.8. The molecule has 7 nitrogen and oxygen atoms in total. The summed E-state index contributed by atoms with van der Waals surface area (Å²) in [5, 5.41) is 2.54. The van der Waals surface area contributed by atoms with Gasteiger partial charge in [-0.2, -0.15) is 0 Å². The number of aromatic nitrogens is 3. The van der Waals surface area contributed by atoms with Crippen LogP contribution in [0.15, 0.2) is 36.5 Å². The number of pyridine rings is 1. The van der Waals surface area contributed by atoms with Crippen LogP contribution in [0, 0.1) is 0 Å². The Bertz CT molecular complexity index is 840. The maximum Gasteiger partial charge on any atom is 0.216 e. The SMILES string of the molecule is COc1ccc(-n2c(NC=O)nc3cc(C=O)cnc32)cc1. The Morgan fingerprint density at radius 3 is 2.64 bits per heavy atom. The van der Waals surface area contributed by atoms with E-state index in [9.17, 15) is 9.59 Å². The highest BCUT2D eigenvalue weighted by molar-refractivity contribution is 5.86. The molecule has 0 atom stereocenters. The Morgan fingerprint density at radius 2 is 2.00 bits per heavy atom. The van der Waals surface area contributed by atoms with E-state index in [1.807, 2.05) is 12.1 Å². The van der Waals surface area contributed by atoms with Crippen LogP contribution in [0.25, 0.3) is 16.9 Å². The van der Waals surface area contributed by atoms with E-state index in [2.05, 4.69) is 15.3 Å². The Balaban J connectivity index is 2.22. The summed E-state index contributed by atoms with van der Waals surface area (Å²) in [6.45, 7) is 0. The third-order valence-electron chi connectivity index (χ3n) is 3.17. The summed E-state index contributed by atoms with van der Waals surface area (Å²) in [5.74, 6) is 1.04. The third-order valence-corrected chi connectivity index (χ3v) is 3.17. The van der Waals surface area contributed by atoms with Crippen LogP contribution in [0.2, 0.25) is 0 Å². The Labute approximate surface area is 125 Å². The van der Waals surface area contributed by atoms with Crippen molar-refractivity contribution < 1.29 is 14.3 Å². The largest absolute Gasteiger partial charge is 0.497 e. The Hall–Kier alpha value is -3.22. The van der Waals surface area contributed by atoms with Crippen molar-refractivity contribution in [3.8, 4) is 11.4 Å². The fraction of sp³-hybridized carbons (Fsp3) is 0.0667. The highest BCUT2D eigenvalue weighted by Gasteiger charge is 2.14. The van der Waals surface area contributed by atoms with Gasteiger partial charge in [0.15, 0.2) is 11.9 Å². The molecule has 0 unspecified atom stereocenters. The van der Waals surface area contributed by atoms with E-state index in [1.165, 1.54) is 6.20 Å². The van der Waals surface area contributed by atoms with E-state index >= 15 is 0 Å². The van der Waals surface area contributed by atoms with Gasteiger partial charge in [0.25, 0.3) is 0 Å². The number of carbonyl (C=O) groups excluding carboxylic acids is 2. The molecule has 0 bridgehead atoms. The molecular weight excluding hydrogens is 284 g/mol. The van der Waals surface area contributed by atoms with Crippen LogP contribution >= 0.6 is 0 Å². The highest BCUT2D eigenvalue weighted by Crippen LogP contribution is 2.24. The van der Waals surface area contributed by atoms with Crippen LogP contribution < -0.4 is 10.1 Å². The van der Waals surface area contributed by atoms with Gasteiger partial charge in [0.05, 0.1) is 12.8 Å². The lowest BCUT2D eigenvalue weighted by Gasteiger charge is -2.08. The van der Waals surface area contributed by atoms with Crippen molar-refractivity contribution in [1.29, 1.82) is 0 Å². The van der Waals surface area contributed by atoms with Crippen molar-refractivity contribution >= 4 is 29.8 Å². The fourth-order valence-electron chi connectivity index (χ4n) is 2.17. The van der Waals surface area contributed by atoms with Crippen molar-refractivity contribution in [3.63, 3.8) is 0 Å². The molecule has 0 aliphatic rings. The lowest BCUT2D eigenvalue weighted by Crippen LogP contribution is -2.04. The van der Waals surface area contributed by atoms with E-state index in [0.717, 1.165) is 5.69 Å². The second-order valence-corrected chi connectivity index (χ2v) is 4.46. The molecule has 2 heterocycles. The molecule has 3 aromatic rings. The maximum absolute atomic E-state index is 10.8. The molecule has 1 aromatic carbocycles. The molecule has 3 rings (SSSR count). The van der Waals surface area contributed by atoms with Gasteiger partial charge in [0.2, 0.25) is 12.4 Å². The highest BCUT2D eigenvalue weighted by atomic mass is 16.5. The average Bonchev–Trinajstić information content (AvgIpc) is 2.92. The lowest BCUT2D eigenvalue weighted by atomic mass is 10.3. The monoisotopic (exact) mass is 296 g/mol. The van der Waals surface area contributed by atoms with Gasteiger partial charge < -0.3 is 4.74 Å². The van der Waals surface area contributed by atoms with Crippen LogP contribution in [-0.2, 0) is 4.79 Å². The molecule has 0 aliphatic heterocycles. The summed E-state index contributed by atoms with van der Waals surface area (Å²) in [5.41, 5.74) is 2.24. The summed E-state index contributed by atoms with van der Waals surface area (Å²) in [7, 11) is 1.59. The molecule has 1 N–H and O–H groups in total. The first kappa shape index (κ1) is 13.7. The number of nitrogens with zero attached hydrogens (tertiary/aromatic N) is 3. The number of hydrogen-bond acceptors (Lipinski definition) is 5. The summed E-state index contributed by atoms with van der Waals surface area (Å²) >= 11 is 0. The quantitative estimate of drug-likeness (QED) is 0.726. The molecule has 0 aliphatic carbocycles. The van der Waals surface area contributed by atoms with Gasteiger partial charge in [-0.15, -0.1) is 0 Å². The molecule has 0 saturated carbocycles. The number of methoxy groups -OCH3 is 1. The molecule has 0 fully saturated rings. The van der Waals surface area contributed by atoms with E-state index < -0.39 is 0 Å². The van der Waals surface area contributed by atoms with Crippen LogP contribution in [0.4, 0.5) is 5.95 Å². The van der Waals surface area contributed by atoms with Gasteiger partial charge in [-0.05, 0) is 30.3 Å². The van der Waals surface area contributed by atoms with Crippen molar-refractivity contribution in [2.75, 3.05) is 12.4 Å². The molecule has 22 heavy (non-hydrogen) atoms. The van der Waals surface area contributed by atoms with Crippen molar-refractivity contribution in [1.82, 2.24) is 14.5 Å². The van der Waals surface area contributed by atoms with E-state index in [0.29, 0.717) is 41.1 Å². The number of nitrogens with one attached hydrogen (secondary N) is 1. The van der Waals surface area contributed by atoms with Gasteiger partial charge in [-0.1, -0.05) is 0 Å². The number of hydrogen-bond donors (Lipinski definition) is 1. The standard InChI is InChI=1S/C15H12N4O3/c1-22-12-4-2-11(3-5-12)19-14-13(18-15(19)17-9-21)6-10(8-20)7-16-14/h2-9H,1H3,(H,17,18,21). The first-order valence-corrected chi connectivity index (χ1v) is 6.45. The second-order valence-electron chi connectivity index (χ2n) is 4.46. The number of aldehydes is 1. The number of fused-ring (bicyclic) bond motifs is 1. The molecular formula is C15H12N4O3. The van der Waals surface area contributed by atoms with Crippen LogP contribution in [-0.4, -0.2) is 34.3 Å². The molecule has 1 amide bonds. The minimum Gasteiger partial charge on any atom is -0.497 e. The topological polar surface area (TPSA) is 86.1 Å². The molecule has 0 radical (unpaired) electrons. The van der Waals surface area contributed by atoms with Crippen molar-refractivity contribution in [3.05, 3.63) is 42.1 Å². The predicted molar refractivity (Wildman–Crippen MR) is 80.5 cm³/mol. The van der Waals surface area contributed by atoms with E-state index in [4.69, 9.17) is 4.74 Å². The Morgan fingerprint density at radius 1 is 1.23 bits per heavy atom. The molecule has 0 saturated heterocycles. The van der Waals surface area contributed by atoms with Gasteiger partial charge in [0.1, 0.15) is 11.3 Å². The Kier molecular flexibility index (Phi) is 3.53. The molecule has 110 valence electrons. The smallest absolute Gasteiger partial charge is 0.216 e. The van der Waals surface area contributed by atoms with Crippen LogP contribution in [0.1, 0.15) is 10.4 Å². The van der Waals surface area contributed by atoms with Crippen LogP contribution in [0.3, 0.4) is 0 Å². The maximum atomic E-state index is 10.8. The van der Waals surface area contributed by atoms with Crippen LogP contribution in [0.5, 0.6) is 5.75 Å². The van der Waals surface area contributed by atoms with Gasteiger partial charge in [-0.3, -0.25) is 19.5 Å². The summed E-state index contributed by atoms with van der Waals surface area (Å²) in [6.07, 6.45) is 2.70. The molecule has 2 aromatic heterocycles. The van der Waals surface area contributed by atoms with E-state index in [1.54, 1.807) is 29.9 Å². The number of carbonyl (C=O) groups is 2. The fourth-order valence-corrected chi connectivity index (χ4v) is 2.17.